The number of carbonyl (C=O) groups is 1. The van der Waals surface area contributed by atoms with Gasteiger partial charge in [-0.15, -0.1) is 0 Å². The molecule has 1 aliphatic heterocycles. The van der Waals surface area contributed by atoms with Gasteiger partial charge in [0.25, 0.3) is 0 Å². The number of benzene rings is 1. The van der Waals surface area contributed by atoms with Crippen molar-refractivity contribution >= 4 is 5.91 Å². The Bertz CT molecular complexity index is 444. The summed E-state index contributed by atoms with van der Waals surface area (Å²) in [5, 5.41) is 3.41. The Labute approximate surface area is 116 Å². The van der Waals surface area contributed by atoms with E-state index in [0.717, 1.165) is 12.8 Å². The van der Waals surface area contributed by atoms with E-state index in [9.17, 15) is 4.79 Å². The normalized spacial score (nSPS) is 23.1. The van der Waals surface area contributed by atoms with Crippen LogP contribution in [0.1, 0.15) is 37.3 Å². The summed E-state index contributed by atoms with van der Waals surface area (Å²) in [6.45, 7) is 4.94. The molecule has 1 fully saturated rings. The van der Waals surface area contributed by atoms with Gasteiger partial charge < -0.3 is 10.2 Å². The van der Waals surface area contributed by atoms with Crippen LogP contribution >= 0.6 is 0 Å². The molecule has 2 unspecified atom stereocenters. The summed E-state index contributed by atoms with van der Waals surface area (Å²) in [4.78, 5) is 14.3. The molecule has 0 radical (unpaired) electrons. The van der Waals surface area contributed by atoms with Crippen LogP contribution in [0.2, 0.25) is 0 Å². The summed E-state index contributed by atoms with van der Waals surface area (Å²) in [6.07, 6.45) is 3.27. The number of rotatable bonds is 3. The molecular formula is C16H24N2O. The van der Waals surface area contributed by atoms with Crippen molar-refractivity contribution in [2.45, 2.75) is 51.7 Å². The summed E-state index contributed by atoms with van der Waals surface area (Å²) in [6, 6.07) is 8.70. The van der Waals surface area contributed by atoms with E-state index in [1.807, 2.05) is 24.1 Å². The van der Waals surface area contributed by atoms with Gasteiger partial charge in [0.1, 0.15) is 0 Å². The third-order valence-corrected chi connectivity index (χ3v) is 3.96. The van der Waals surface area contributed by atoms with E-state index >= 15 is 0 Å². The first kappa shape index (κ1) is 14.1. The van der Waals surface area contributed by atoms with Gasteiger partial charge in [-0.1, -0.05) is 24.3 Å². The third kappa shape index (κ3) is 3.57. The van der Waals surface area contributed by atoms with Crippen molar-refractivity contribution < 1.29 is 4.79 Å². The van der Waals surface area contributed by atoms with Gasteiger partial charge in [0, 0.05) is 19.6 Å². The molecular weight excluding hydrogens is 236 g/mol. The predicted octanol–water partition coefficient (Wildman–Crippen LogP) is 2.48. The van der Waals surface area contributed by atoms with E-state index in [0.29, 0.717) is 12.6 Å². The number of hydrogen-bond acceptors (Lipinski definition) is 2. The minimum atomic E-state index is -0.00207. The molecule has 1 aliphatic rings. The molecule has 2 rings (SSSR count). The highest BCUT2D eigenvalue weighted by Gasteiger charge is 2.26. The van der Waals surface area contributed by atoms with E-state index in [1.54, 1.807) is 0 Å². The Hall–Kier alpha value is -1.35. The second-order valence-electron chi connectivity index (χ2n) is 5.67. The van der Waals surface area contributed by atoms with Crippen LogP contribution in [0.25, 0.3) is 0 Å². The lowest BCUT2D eigenvalue weighted by Gasteiger charge is -2.31. The molecule has 1 aromatic carbocycles. The van der Waals surface area contributed by atoms with Crippen LogP contribution in [0, 0.1) is 6.92 Å². The van der Waals surface area contributed by atoms with Crippen molar-refractivity contribution in [2.24, 2.45) is 0 Å². The maximum absolute atomic E-state index is 12.4. The second-order valence-corrected chi connectivity index (χ2v) is 5.67. The lowest BCUT2D eigenvalue weighted by atomic mass is 9.98. The molecule has 19 heavy (non-hydrogen) atoms. The Balaban J connectivity index is 1.97. The largest absolute Gasteiger partial charge is 0.340 e. The zero-order chi connectivity index (χ0) is 13.8. The number of amides is 1. The standard InChI is InChI=1S/C16H24N2O/c1-12-7-4-5-9-14(12)11-18(3)16(19)15-10-6-8-13(2)17-15/h4-5,7,9,13,15,17H,6,8,10-11H2,1-3H3. The van der Waals surface area contributed by atoms with Crippen LogP contribution in [-0.2, 0) is 11.3 Å². The SMILES string of the molecule is Cc1ccccc1CN(C)C(=O)C1CCCC(C)N1. The van der Waals surface area contributed by atoms with Gasteiger partial charge in [-0.2, -0.15) is 0 Å². The monoisotopic (exact) mass is 260 g/mol. The first-order chi connectivity index (χ1) is 9.08. The Morgan fingerprint density at radius 1 is 1.37 bits per heavy atom. The van der Waals surface area contributed by atoms with E-state index in [1.165, 1.54) is 17.5 Å². The Morgan fingerprint density at radius 3 is 2.79 bits per heavy atom. The van der Waals surface area contributed by atoms with E-state index in [2.05, 4.69) is 31.3 Å². The highest BCUT2D eigenvalue weighted by Crippen LogP contribution is 2.16. The predicted molar refractivity (Wildman–Crippen MR) is 77.9 cm³/mol. The van der Waals surface area contributed by atoms with Gasteiger partial charge in [0.15, 0.2) is 0 Å². The summed E-state index contributed by atoms with van der Waals surface area (Å²) in [5.74, 6) is 0.217. The quantitative estimate of drug-likeness (QED) is 0.905. The van der Waals surface area contributed by atoms with Crippen molar-refractivity contribution in [3.8, 4) is 0 Å². The van der Waals surface area contributed by atoms with Gasteiger partial charge in [0.05, 0.1) is 6.04 Å². The van der Waals surface area contributed by atoms with Gasteiger partial charge in [-0.25, -0.2) is 0 Å². The zero-order valence-corrected chi connectivity index (χ0v) is 12.1. The number of aryl methyl sites for hydroxylation is 1. The molecule has 0 spiro atoms. The fourth-order valence-corrected chi connectivity index (χ4v) is 2.72. The first-order valence-corrected chi connectivity index (χ1v) is 7.13. The summed E-state index contributed by atoms with van der Waals surface area (Å²) in [5.41, 5.74) is 2.47. The average Bonchev–Trinajstić information content (AvgIpc) is 2.40. The topological polar surface area (TPSA) is 32.3 Å². The maximum atomic E-state index is 12.4. The highest BCUT2D eigenvalue weighted by molar-refractivity contribution is 5.81. The van der Waals surface area contributed by atoms with Crippen molar-refractivity contribution in [1.29, 1.82) is 0 Å². The van der Waals surface area contributed by atoms with Crippen molar-refractivity contribution in [2.75, 3.05) is 7.05 Å². The Morgan fingerprint density at radius 2 is 2.11 bits per heavy atom. The third-order valence-electron chi connectivity index (χ3n) is 3.96. The highest BCUT2D eigenvalue weighted by atomic mass is 16.2. The number of nitrogens with one attached hydrogen (secondary N) is 1. The molecule has 104 valence electrons. The van der Waals surface area contributed by atoms with Crippen LogP contribution in [0.4, 0.5) is 0 Å². The van der Waals surface area contributed by atoms with Gasteiger partial charge in [-0.05, 0) is 44.2 Å². The lowest BCUT2D eigenvalue weighted by Crippen LogP contribution is -2.50. The number of piperidine rings is 1. The maximum Gasteiger partial charge on any atom is 0.239 e. The molecule has 0 bridgehead atoms. The molecule has 2 atom stereocenters. The molecule has 1 saturated heterocycles. The molecule has 0 aromatic heterocycles. The summed E-state index contributed by atoms with van der Waals surface area (Å²) >= 11 is 0. The molecule has 3 nitrogen and oxygen atoms in total. The molecule has 0 saturated carbocycles. The van der Waals surface area contributed by atoms with Crippen LogP contribution in [0.3, 0.4) is 0 Å². The fourth-order valence-electron chi connectivity index (χ4n) is 2.72. The van der Waals surface area contributed by atoms with Crippen LogP contribution in [0.15, 0.2) is 24.3 Å². The number of nitrogens with zero attached hydrogens (tertiary/aromatic N) is 1. The molecule has 0 aliphatic carbocycles. The molecule has 1 N–H and O–H groups in total. The minimum absolute atomic E-state index is 0.00207. The van der Waals surface area contributed by atoms with Gasteiger partial charge in [0.2, 0.25) is 5.91 Å². The minimum Gasteiger partial charge on any atom is -0.340 e. The zero-order valence-electron chi connectivity index (χ0n) is 12.1. The number of carbonyl (C=O) groups excluding carboxylic acids is 1. The lowest BCUT2D eigenvalue weighted by molar-refractivity contribution is -0.133. The van der Waals surface area contributed by atoms with Crippen LogP contribution < -0.4 is 5.32 Å². The smallest absolute Gasteiger partial charge is 0.239 e. The van der Waals surface area contributed by atoms with Gasteiger partial charge in [-0.3, -0.25) is 4.79 Å². The van der Waals surface area contributed by atoms with Crippen LogP contribution in [-0.4, -0.2) is 29.9 Å². The molecule has 1 amide bonds. The van der Waals surface area contributed by atoms with Crippen LogP contribution in [0.5, 0.6) is 0 Å². The summed E-state index contributed by atoms with van der Waals surface area (Å²) in [7, 11) is 1.90. The van der Waals surface area contributed by atoms with Crippen molar-refractivity contribution in [1.82, 2.24) is 10.2 Å². The Kier molecular flexibility index (Phi) is 4.59. The molecule has 3 heteroatoms. The second kappa shape index (κ2) is 6.20. The van der Waals surface area contributed by atoms with E-state index in [-0.39, 0.29) is 11.9 Å². The van der Waals surface area contributed by atoms with E-state index < -0.39 is 0 Å². The fraction of sp³-hybridized carbons (Fsp3) is 0.562. The molecule has 1 heterocycles. The summed E-state index contributed by atoms with van der Waals surface area (Å²) < 4.78 is 0. The van der Waals surface area contributed by atoms with Crippen molar-refractivity contribution in [3.05, 3.63) is 35.4 Å². The number of hydrogen-bond donors (Lipinski definition) is 1. The molecule has 1 aromatic rings. The van der Waals surface area contributed by atoms with E-state index in [4.69, 9.17) is 0 Å². The van der Waals surface area contributed by atoms with Gasteiger partial charge >= 0.3 is 0 Å². The number of likely N-dealkylation sites (N-methyl/N-ethyl adjacent to an activating group) is 1. The van der Waals surface area contributed by atoms with Crippen molar-refractivity contribution in [3.63, 3.8) is 0 Å². The first-order valence-electron chi connectivity index (χ1n) is 7.13. The average molecular weight is 260 g/mol.